The van der Waals surface area contributed by atoms with Crippen molar-refractivity contribution in [1.82, 2.24) is 9.80 Å². The summed E-state index contributed by atoms with van der Waals surface area (Å²) in [5.74, 6) is -4.92. The smallest absolute Gasteiger partial charge is 0.274 e. The van der Waals surface area contributed by atoms with Gasteiger partial charge in [-0.1, -0.05) is 12.1 Å². The first-order valence-electron chi connectivity index (χ1n) is 11.6. The number of hydrogen-bond acceptors (Lipinski definition) is 3. The first kappa shape index (κ1) is 23.5. The van der Waals surface area contributed by atoms with Crippen LogP contribution in [0.5, 0.6) is 0 Å². The van der Waals surface area contributed by atoms with Gasteiger partial charge in [-0.05, 0) is 84.7 Å². The zero-order chi connectivity index (χ0) is 25.0. The Kier molecular flexibility index (Phi) is 5.68. The Bertz CT molecular complexity index is 1130. The Hall–Kier alpha value is -3.23. The number of barbiturate groups is 1. The molecular weight excluding hydrogens is 464 g/mol. The lowest BCUT2D eigenvalue weighted by molar-refractivity contribution is -0.143. The van der Waals surface area contributed by atoms with E-state index in [0.29, 0.717) is 24.0 Å². The van der Waals surface area contributed by atoms with Gasteiger partial charge in [-0.25, -0.2) is 22.4 Å². The fraction of sp³-hybridized carbons (Fsp3) is 0.423. The van der Waals surface area contributed by atoms with Gasteiger partial charge < -0.3 is 0 Å². The number of nitrogens with zero attached hydrogens (tertiary/aromatic N) is 2. The summed E-state index contributed by atoms with van der Waals surface area (Å²) in [4.78, 5) is 40.7. The molecule has 3 aliphatic rings. The average molecular weight is 488 g/mol. The van der Waals surface area contributed by atoms with E-state index in [0.717, 1.165) is 59.7 Å². The predicted molar refractivity (Wildman–Crippen MR) is 117 cm³/mol. The van der Waals surface area contributed by atoms with Crippen molar-refractivity contribution in [2.75, 3.05) is 13.1 Å². The standard InChI is InChI=1S/C26H24F4N2O3/c27-18-3-1-16(9-20(18)29)12-25(5-6-25)14-31-22(33)11-23(34)32(24(31)35)15-26(7-8-26)13-17-2-4-19(28)21(30)10-17/h1-4,9-10H,5-8,11-15H2. The van der Waals surface area contributed by atoms with E-state index in [1.165, 1.54) is 12.1 Å². The Morgan fingerprint density at radius 1 is 0.629 bits per heavy atom. The van der Waals surface area contributed by atoms with E-state index in [9.17, 15) is 31.9 Å². The number of urea groups is 1. The van der Waals surface area contributed by atoms with E-state index in [-0.39, 0.29) is 13.1 Å². The second-order valence-electron chi connectivity index (χ2n) is 10.3. The van der Waals surface area contributed by atoms with Crippen LogP contribution < -0.4 is 0 Å². The van der Waals surface area contributed by atoms with Gasteiger partial charge >= 0.3 is 6.03 Å². The van der Waals surface area contributed by atoms with Crippen LogP contribution in [-0.4, -0.2) is 40.7 Å². The third-order valence-corrected chi connectivity index (χ3v) is 7.39. The molecule has 184 valence electrons. The monoisotopic (exact) mass is 488 g/mol. The lowest BCUT2D eigenvalue weighted by Gasteiger charge is -2.36. The third-order valence-electron chi connectivity index (χ3n) is 7.39. The van der Waals surface area contributed by atoms with E-state index in [1.54, 1.807) is 0 Å². The van der Waals surface area contributed by atoms with Gasteiger partial charge in [0.2, 0.25) is 11.8 Å². The van der Waals surface area contributed by atoms with Gasteiger partial charge in [0.15, 0.2) is 23.3 Å². The molecule has 0 bridgehead atoms. The molecule has 5 nitrogen and oxygen atoms in total. The minimum Gasteiger partial charge on any atom is -0.274 e. The Morgan fingerprint density at radius 3 is 1.37 bits per heavy atom. The topological polar surface area (TPSA) is 57.7 Å². The molecule has 4 amide bonds. The van der Waals surface area contributed by atoms with Crippen LogP contribution in [0.2, 0.25) is 0 Å². The van der Waals surface area contributed by atoms with E-state index < -0.39 is 58.4 Å². The van der Waals surface area contributed by atoms with Crippen LogP contribution in [0.1, 0.15) is 43.2 Å². The van der Waals surface area contributed by atoms with Crippen LogP contribution in [-0.2, 0) is 22.4 Å². The van der Waals surface area contributed by atoms with Crippen molar-refractivity contribution in [3.63, 3.8) is 0 Å². The molecule has 0 unspecified atom stereocenters. The van der Waals surface area contributed by atoms with Crippen LogP contribution >= 0.6 is 0 Å². The van der Waals surface area contributed by atoms with E-state index >= 15 is 0 Å². The highest BCUT2D eigenvalue weighted by molar-refractivity contribution is 6.14. The van der Waals surface area contributed by atoms with Crippen LogP contribution in [0.3, 0.4) is 0 Å². The van der Waals surface area contributed by atoms with Gasteiger partial charge in [-0.3, -0.25) is 19.4 Å². The lowest BCUT2D eigenvalue weighted by Crippen LogP contribution is -2.57. The van der Waals surface area contributed by atoms with Crippen molar-refractivity contribution in [2.24, 2.45) is 10.8 Å². The molecular formula is C26H24F4N2O3. The number of hydrogen-bond donors (Lipinski definition) is 0. The maximum atomic E-state index is 13.6. The van der Waals surface area contributed by atoms with Crippen LogP contribution in [0.15, 0.2) is 36.4 Å². The molecule has 9 heteroatoms. The molecule has 0 aromatic heterocycles. The third kappa shape index (κ3) is 4.81. The molecule has 0 spiro atoms. The summed E-state index contributed by atoms with van der Waals surface area (Å²) in [5, 5.41) is 0. The van der Waals surface area contributed by atoms with Crippen LogP contribution in [0.25, 0.3) is 0 Å². The molecule has 35 heavy (non-hydrogen) atoms. The van der Waals surface area contributed by atoms with Gasteiger partial charge in [-0.15, -0.1) is 0 Å². The molecule has 1 heterocycles. The zero-order valence-electron chi connectivity index (χ0n) is 19.0. The zero-order valence-corrected chi connectivity index (χ0v) is 19.0. The van der Waals surface area contributed by atoms with Crippen LogP contribution in [0.4, 0.5) is 22.4 Å². The normalized spacial score (nSPS) is 20.4. The molecule has 0 N–H and O–H groups in total. The molecule has 0 radical (unpaired) electrons. The second kappa shape index (κ2) is 8.46. The summed E-state index contributed by atoms with van der Waals surface area (Å²) in [6.07, 6.45) is 3.22. The highest BCUT2D eigenvalue weighted by Gasteiger charge is 2.52. The van der Waals surface area contributed by atoms with Gasteiger partial charge in [0.1, 0.15) is 6.42 Å². The molecule has 3 fully saturated rings. The molecule has 5 rings (SSSR count). The number of carbonyl (C=O) groups excluding carboxylic acids is 3. The van der Waals surface area contributed by atoms with Gasteiger partial charge in [0, 0.05) is 13.1 Å². The highest BCUT2D eigenvalue weighted by Crippen LogP contribution is 2.51. The molecule has 2 aliphatic carbocycles. The van der Waals surface area contributed by atoms with Crippen molar-refractivity contribution < 1.29 is 31.9 Å². The molecule has 2 aromatic carbocycles. The lowest BCUT2D eigenvalue weighted by atomic mass is 9.94. The summed E-state index contributed by atoms with van der Waals surface area (Å²) in [6.45, 7) is 0.202. The second-order valence-corrected chi connectivity index (χ2v) is 10.3. The molecule has 0 atom stereocenters. The summed E-state index contributed by atoms with van der Waals surface area (Å²) in [6, 6.07) is 6.66. The van der Waals surface area contributed by atoms with Gasteiger partial charge in [0.05, 0.1) is 0 Å². The van der Waals surface area contributed by atoms with Crippen molar-refractivity contribution in [3.05, 3.63) is 70.8 Å². The number of imide groups is 2. The maximum absolute atomic E-state index is 13.6. The van der Waals surface area contributed by atoms with E-state index in [2.05, 4.69) is 0 Å². The summed E-state index contributed by atoms with van der Waals surface area (Å²) < 4.78 is 53.8. The van der Waals surface area contributed by atoms with Gasteiger partial charge in [0.25, 0.3) is 0 Å². The fourth-order valence-corrected chi connectivity index (χ4v) is 4.96. The Labute approximate surface area is 199 Å². The Balaban J connectivity index is 1.28. The number of amides is 4. The number of carbonyl (C=O) groups is 3. The SMILES string of the molecule is O=C1CC(=O)N(CC2(Cc3ccc(F)c(F)c3)CC2)C(=O)N1CC1(Cc2ccc(F)c(F)c2)CC1. The van der Waals surface area contributed by atoms with Crippen molar-refractivity contribution in [2.45, 2.75) is 44.9 Å². The maximum Gasteiger partial charge on any atom is 0.333 e. The first-order valence-corrected chi connectivity index (χ1v) is 11.6. The molecule has 1 saturated heterocycles. The largest absolute Gasteiger partial charge is 0.333 e. The minimum absolute atomic E-state index is 0.101. The summed E-state index contributed by atoms with van der Waals surface area (Å²) in [5.41, 5.74) is 0.305. The molecule has 2 saturated carbocycles. The quantitative estimate of drug-likeness (QED) is 0.397. The minimum atomic E-state index is -0.948. The Morgan fingerprint density at radius 2 is 1.03 bits per heavy atom. The molecule has 2 aromatic rings. The summed E-state index contributed by atoms with van der Waals surface area (Å²) >= 11 is 0. The van der Waals surface area contributed by atoms with Crippen LogP contribution in [0, 0.1) is 34.1 Å². The first-order chi connectivity index (χ1) is 16.6. The van der Waals surface area contributed by atoms with Crippen molar-refractivity contribution >= 4 is 17.8 Å². The van der Waals surface area contributed by atoms with Gasteiger partial charge in [-0.2, -0.15) is 0 Å². The van der Waals surface area contributed by atoms with Crippen molar-refractivity contribution in [3.8, 4) is 0 Å². The number of rotatable bonds is 8. The number of benzene rings is 2. The number of halogens is 4. The molecule has 1 aliphatic heterocycles. The fourth-order valence-electron chi connectivity index (χ4n) is 4.96. The van der Waals surface area contributed by atoms with Crippen molar-refractivity contribution in [1.29, 1.82) is 0 Å². The average Bonchev–Trinajstić information content (AvgIpc) is 3.73. The highest BCUT2D eigenvalue weighted by atomic mass is 19.2. The van der Waals surface area contributed by atoms with E-state index in [1.807, 2.05) is 0 Å². The van der Waals surface area contributed by atoms with E-state index in [4.69, 9.17) is 0 Å². The summed E-state index contributed by atoms with van der Waals surface area (Å²) in [7, 11) is 0. The predicted octanol–water partition coefficient (Wildman–Crippen LogP) is 4.77.